The van der Waals surface area contributed by atoms with Crippen molar-refractivity contribution in [2.75, 3.05) is 0 Å². The maximum atomic E-state index is 12.2. The number of Topliss-reactive ketones (excluding diaryl/α,β-unsaturated/α-hetero) is 1. The Bertz CT molecular complexity index is 848. The van der Waals surface area contributed by atoms with Crippen LogP contribution in [0.15, 0.2) is 84.2 Å². The van der Waals surface area contributed by atoms with Gasteiger partial charge in [-0.2, -0.15) is 0 Å². The maximum Gasteiger partial charge on any atom is 0.243 e. The Balaban J connectivity index is 1.74. The summed E-state index contributed by atoms with van der Waals surface area (Å²) in [5.41, 5.74) is 5.37. The molecule has 1 atom stereocenters. The second kappa shape index (κ2) is 10.6. The van der Waals surface area contributed by atoms with Gasteiger partial charge in [0.1, 0.15) is 12.7 Å². The Morgan fingerprint density at radius 3 is 2.03 bits per heavy atom. The van der Waals surface area contributed by atoms with Crippen molar-refractivity contribution >= 4 is 5.78 Å². The van der Waals surface area contributed by atoms with Crippen molar-refractivity contribution < 1.29 is 9.53 Å². The quantitative estimate of drug-likeness (QED) is 0.183. The molecule has 0 bridgehead atoms. The third-order valence-corrected chi connectivity index (χ3v) is 6.26. The van der Waals surface area contributed by atoms with Crippen molar-refractivity contribution in [2.24, 2.45) is 0 Å². The van der Waals surface area contributed by atoms with Crippen LogP contribution in [0.3, 0.4) is 0 Å². The minimum absolute atomic E-state index is 0.129. The van der Waals surface area contributed by atoms with Gasteiger partial charge in [0.05, 0.1) is 0 Å². The van der Waals surface area contributed by atoms with Gasteiger partial charge in [0.25, 0.3) is 0 Å². The first-order chi connectivity index (χ1) is 14.5. The van der Waals surface area contributed by atoms with Crippen molar-refractivity contribution in [3.05, 3.63) is 98.1 Å². The molecule has 0 aromatic heterocycles. The summed E-state index contributed by atoms with van der Waals surface area (Å²) in [7, 11) is 0. The summed E-state index contributed by atoms with van der Waals surface area (Å²) in [5.74, 6) is 0.534. The van der Waals surface area contributed by atoms with Crippen molar-refractivity contribution in [2.45, 2.75) is 76.2 Å². The Morgan fingerprint density at radius 2 is 1.45 bits per heavy atom. The molecule has 0 spiro atoms. The third kappa shape index (κ3) is 6.69. The van der Waals surface area contributed by atoms with E-state index in [0.717, 1.165) is 81.8 Å². The van der Waals surface area contributed by atoms with Crippen LogP contribution in [0.5, 0.6) is 0 Å². The summed E-state index contributed by atoms with van der Waals surface area (Å²) < 4.78 is 6.27. The molecule has 0 unspecified atom stereocenters. The molecule has 0 saturated heterocycles. The molecule has 1 aliphatic carbocycles. The number of ether oxygens (including phenoxy) is 1. The molecule has 2 nitrogen and oxygen atoms in total. The van der Waals surface area contributed by atoms with Crippen LogP contribution in [0.4, 0.5) is 0 Å². The summed E-state index contributed by atoms with van der Waals surface area (Å²) in [5, 5.41) is 0. The minimum Gasteiger partial charge on any atom is -0.447 e. The lowest BCUT2D eigenvalue weighted by atomic mass is 9.78. The number of ketones is 1. The van der Waals surface area contributed by atoms with Gasteiger partial charge in [-0.05, 0) is 51.4 Å². The lowest BCUT2D eigenvalue weighted by molar-refractivity contribution is -0.112. The van der Waals surface area contributed by atoms with Crippen LogP contribution in [-0.4, -0.2) is 11.4 Å². The van der Waals surface area contributed by atoms with E-state index in [1.165, 1.54) is 11.1 Å². The van der Waals surface area contributed by atoms with Crippen molar-refractivity contribution in [3.63, 3.8) is 0 Å². The Kier molecular flexibility index (Phi) is 8.44. The van der Waals surface area contributed by atoms with Crippen molar-refractivity contribution in [1.82, 2.24) is 0 Å². The van der Waals surface area contributed by atoms with Crippen LogP contribution >= 0.6 is 0 Å². The summed E-state index contributed by atoms with van der Waals surface area (Å²) in [4.78, 5) is 12.2. The lowest BCUT2D eigenvalue weighted by Gasteiger charge is -2.36. The largest absolute Gasteiger partial charge is 0.447 e. The molecule has 0 aromatic rings. The summed E-state index contributed by atoms with van der Waals surface area (Å²) in [6.45, 7) is 32.3. The van der Waals surface area contributed by atoms with Gasteiger partial charge in [-0.3, -0.25) is 4.79 Å². The van der Waals surface area contributed by atoms with E-state index in [1.807, 2.05) is 0 Å². The first-order valence-electron chi connectivity index (χ1n) is 11.3. The molecule has 31 heavy (non-hydrogen) atoms. The van der Waals surface area contributed by atoms with Crippen molar-refractivity contribution in [1.29, 1.82) is 0 Å². The van der Waals surface area contributed by atoms with E-state index in [-0.39, 0.29) is 5.78 Å². The molecule has 2 heteroatoms. The maximum absolute atomic E-state index is 12.2. The van der Waals surface area contributed by atoms with Gasteiger partial charge in [-0.15, -0.1) is 0 Å². The number of rotatable bonds is 12. The van der Waals surface area contributed by atoms with E-state index < -0.39 is 5.60 Å². The van der Waals surface area contributed by atoms with Gasteiger partial charge in [-0.25, -0.2) is 19.1 Å². The smallest absolute Gasteiger partial charge is 0.243 e. The van der Waals surface area contributed by atoms with Gasteiger partial charge in [0.2, 0.25) is 5.60 Å². The zero-order chi connectivity index (χ0) is 23.2. The van der Waals surface area contributed by atoms with Crippen molar-refractivity contribution in [3.8, 4) is 0 Å². The van der Waals surface area contributed by atoms with Gasteiger partial charge in [0.15, 0.2) is 5.78 Å². The molecule has 1 aliphatic heterocycles. The zero-order valence-corrected chi connectivity index (χ0v) is 19.3. The van der Waals surface area contributed by atoms with Gasteiger partial charge in [-0.1, -0.05) is 50.5 Å². The molecule has 0 aromatic carbocycles. The molecular weight excluding hydrogens is 380 g/mol. The fourth-order valence-electron chi connectivity index (χ4n) is 4.18. The number of carbonyl (C=O) groups is 1. The van der Waals surface area contributed by atoms with E-state index in [1.54, 1.807) is 0 Å². The molecular formula is C29H38O2. The Labute approximate surface area is 189 Å². The predicted octanol–water partition coefficient (Wildman–Crippen LogP) is 7.89. The first-order valence-corrected chi connectivity index (χ1v) is 11.3. The van der Waals surface area contributed by atoms with Gasteiger partial charge >= 0.3 is 0 Å². The van der Waals surface area contributed by atoms with Crippen LogP contribution in [0.25, 0.3) is 0 Å². The topological polar surface area (TPSA) is 26.3 Å². The standard InChI is InChI=1S/C29H38O2/c1-20(2)12-9-13-21(3)14-10-15-22(4)16-11-18-29(8)19-17-26-25(7)27(30)23(5)24(6)28(26)31-29/h1-19H2/t29-/m1/s1. The summed E-state index contributed by atoms with van der Waals surface area (Å²) in [6.07, 6.45) is 10.6. The monoisotopic (exact) mass is 418 g/mol. The highest BCUT2D eigenvalue weighted by atomic mass is 16.5. The number of hydrogen-bond donors (Lipinski definition) is 0. The minimum atomic E-state index is -0.505. The zero-order valence-electron chi connectivity index (χ0n) is 19.3. The average Bonchev–Trinajstić information content (AvgIpc) is 2.70. The van der Waals surface area contributed by atoms with Crippen LogP contribution in [0.2, 0.25) is 0 Å². The molecule has 1 heterocycles. The lowest BCUT2D eigenvalue weighted by Crippen LogP contribution is -2.35. The highest BCUT2D eigenvalue weighted by Gasteiger charge is 2.43. The highest BCUT2D eigenvalue weighted by Crippen LogP contribution is 2.44. The predicted molar refractivity (Wildman–Crippen MR) is 132 cm³/mol. The van der Waals surface area contributed by atoms with Crippen LogP contribution < -0.4 is 0 Å². The molecule has 166 valence electrons. The Morgan fingerprint density at radius 1 is 0.903 bits per heavy atom. The SMILES string of the molecule is C=C([CH2-])CCCC(=C)CCCC(=C)CCC[C@]1([CH2+])CCC2=C(O1)C(=C)C(=C)C(=O)C2=C. The van der Waals surface area contributed by atoms with E-state index in [2.05, 4.69) is 53.3 Å². The molecule has 0 fully saturated rings. The second-order valence-electron chi connectivity index (χ2n) is 9.17. The third-order valence-electron chi connectivity index (χ3n) is 6.26. The van der Waals surface area contributed by atoms with Crippen LogP contribution in [0.1, 0.15) is 70.6 Å². The fourth-order valence-corrected chi connectivity index (χ4v) is 4.18. The highest BCUT2D eigenvalue weighted by molar-refractivity contribution is 6.15. The summed E-state index contributed by atoms with van der Waals surface area (Å²) >= 11 is 0. The van der Waals surface area contributed by atoms with Crippen LogP contribution in [-0.2, 0) is 9.53 Å². The van der Waals surface area contributed by atoms with Gasteiger partial charge in [0, 0.05) is 35.1 Å². The van der Waals surface area contributed by atoms with E-state index in [9.17, 15) is 4.79 Å². The summed E-state index contributed by atoms with van der Waals surface area (Å²) in [6, 6.07) is 0. The molecule has 0 saturated carbocycles. The second-order valence-corrected chi connectivity index (χ2v) is 9.17. The molecule has 0 radical (unpaired) electrons. The number of carbonyl (C=O) groups excluding carboxylic acids is 1. The molecule has 0 N–H and O–H groups in total. The number of hydrogen-bond acceptors (Lipinski definition) is 2. The van der Waals surface area contributed by atoms with Crippen LogP contribution in [0, 0.1) is 13.8 Å². The Hall–Kier alpha value is -2.61. The van der Waals surface area contributed by atoms with E-state index in [0.29, 0.717) is 22.5 Å². The first kappa shape index (κ1) is 24.7. The number of allylic oxidation sites excluding steroid dienone is 6. The van der Waals surface area contributed by atoms with E-state index in [4.69, 9.17) is 4.74 Å². The normalized spacial score (nSPS) is 21.0. The van der Waals surface area contributed by atoms with E-state index >= 15 is 0 Å². The molecule has 0 amide bonds. The van der Waals surface area contributed by atoms with Gasteiger partial charge < -0.3 is 4.74 Å². The fraction of sp³-hybridized carbons (Fsp3) is 0.414. The molecule has 2 aliphatic rings. The average molecular weight is 419 g/mol. The molecule has 2 rings (SSSR count).